The number of benzene rings is 2. The molecule has 0 spiro atoms. The van der Waals surface area contributed by atoms with Crippen molar-refractivity contribution in [1.29, 1.82) is 5.26 Å². The Labute approximate surface area is 166 Å². The Hall–Kier alpha value is -2.89. The Bertz CT molecular complexity index is 969. The van der Waals surface area contributed by atoms with Gasteiger partial charge >= 0.3 is 0 Å². The van der Waals surface area contributed by atoms with Gasteiger partial charge in [0, 0.05) is 12.8 Å². The Morgan fingerprint density at radius 1 is 1.21 bits per heavy atom. The van der Waals surface area contributed by atoms with Crippen LogP contribution in [-0.2, 0) is 13.5 Å². The molecule has 2 aromatic carbocycles. The third-order valence-electron chi connectivity index (χ3n) is 4.00. The second-order valence-corrected chi connectivity index (χ2v) is 7.09. The summed E-state index contributed by atoms with van der Waals surface area (Å²) >= 11 is 1.32. The van der Waals surface area contributed by atoms with E-state index in [2.05, 4.69) is 16.3 Å². The van der Waals surface area contributed by atoms with E-state index in [4.69, 9.17) is 10.00 Å². The fourth-order valence-corrected chi connectivity index (χ4v) is 3.34. The molecule has 0 aliphatic carbocycles. The van der Waals surface area contributed by atoms with E-state index in [1.54, 1.807) is 41.9 Å². The lowest BCUT2D eigenvalue weighted by atomic mass is 10.2. The van der Waals surface area contributed by atoms with Crippen LogP contribution in [0.25, 0.3) is 11.4 Å². The first-order chi connectivity index (χ1) is 13.6. The molecule has 0 saturated carbocycles. The van der Waals surface area contributed by atoms with Crippen molar-refractivity contribution >= 4 is 11.8 Å². The largest absolute Gasteiger partial charge is 0.491 e. The first-order valence-electron chi connectivity index (χ1n) is 8.62. The van der Waals surface area contributed by atoms with Crippen molar-refractivity contribution in [2.75, 3.05) is 12.4 Å². The van der Waals surface area contributed by atoms with Gasteiger partial charge in [0.1, 0.15) is 18.2 Å². The molecular formula is C20H19FN4O2S. The van der Waals surface area contributed by atoms with Crippen LogP contribution >= 0.6 is 11.8 Å². The van der Waals surface area contributed by atoms with E-state index in [0.717, 1.165) is 5.56 Å². The number of aromatic nitrogens is 3. The molecule has 28 heavy (non-hydrogen) atoms. The summed E-state index contributed by atoms with van der Waals surface area (Å²) in [5.74, 6) is 1.06. The summed E-state index contributed by atoms with van der Waals surface area (Å²) in [5.41, 5.74) is 1.30. The maximum absolute atomic E-state index is 13.9. The molecular weight excluding hydrogens is 379 g/mol. The van der Waals surface area contributed by atoms with Crippen LogP contribution in [0.3, 0.4) is 0 Å². The summed E-state index contributed by atoms with van der Waals surface area (Å²) in [6, 6.07) is 15.7. The Morgan fingerprint density at radius 2 is 1.96 bits per heavy atom. The highest BCUT2D eigenvalue weighted by Crippen LogP contribution is 2.25. The molecule has 0 unspecified atom stereocenters. The highest BCUT2D eigenvalue weighted by molar-refractivity contribution is 7.99. The number of aliphatic hydroxyl groups is 1. The van der Waals surface area contributed by atoms with Crippen molar-refractivity contribution in [3.05, 3.63) is 59.9 Å². The second-order valence-electron chi connectivity index (χ2n) is 6.10. The molecule has 0 aliphatic heterocycles. The normalized spacial score (nSPS) is 11.8. The fraction of sp³-hybridized carbons (Fsp3) is 0.250. The zero-order valence-corrected chi connectivity index (χ0v) is 16.1. The van der Waals surface area contributed by atoms with Gasteiger partial charge in [0.15, 0.2) is 11.0 Å². The van der Waals surface area contributed by atoms with Crippen LogP contribution in [0, 0.1) is 17.1 Å². The predicted octanol–water partition coefficient (Wildman–Crippen LogP) is 3.22. The minimum absolute atomic E-state index is 0.128. The van der Waals surface area contributed by atoms with Gasteiger partial charge < -0.3 is 14.4 Å². The van der Waals surface area contributed by atoms with Gasteiger partial charge in [-0.1, -0.05) is 36.0 Å². The summed E-state index contributed by atoms with van der Waals surface area (Å²) in [4.78, 5) is 0. The van der Waals surface area contributed by atoms with Crippen LogP contribution in [-0.4, -0.2) is 38.3 Å². The number of nitriles is 1. The summed E-state index contributed by atoms with van der Waals surface area (Å²) in [6.45, 7) is 0.128. The average Bonchev–Trinajstić information content (AvgIpc) is 3.07. The molecule has 0 amide bonds. The Kier molecular flexibility index (Phi) is 6.63. The number of hydrogen-bond donors (Lipinski definition) is 1. The maximum atomic E-state index is 13.9. The van der Waals surface area contributed by atoms with Crippen molar-refractivity contribution in [2.24, 2.45) is 7.05 Å². The van der Waals surface area contributed by atoms with E-state index in [1.807, 2.05) is 12.1 Å². The number of aliphatic hydroxyl groups excluding tert-OH is 1. The number of ether oxygens (including phenoxy) is 1. The van der Waals surface area contributed by atoms with E-state index in [-0.39, 0.29) is 12.4 Å². The van der Waals surface area contributed by atoms with Crippen LogP contribution < -0.4 is 4.74 Å². The maximum Gasteiger partial charge on any atom is 0.191 e. The van der Waals surface area contributed by atoms with E-state index in [1.165, 1.54) is 17.8 Å². The van der Waals surface area contributed by atoms with Crippen molar-refractivity contribution in [2.45, 2.75) is 17.7 Å². The number of thioether (sulfide) groups is 1. The molecule has 3 aromatic rings. The third kappa shape index (κ3) is 4.88. The van der Waals surface area contributed by atoms with E-state index in [9.17, 15) is 9.50 Å². The molecule has 0 bridgehead atoms. The first kappa shape index (κ1) is 19.9. The number of rotatable bonds is 8. The molecule has 0 radical (unpaired) electrons. The lowest BCUT2D eigenvalue weighted by Crippen LogP contribution is -2.20. The van der Waals surface area contributed by atoms with Crippen molar-refractivity contribution in [3.63, 3.8) is 0 Å². The molecule has 0 saturated heterocycles. The molecule has 144 valence electrons. The molecule has 0 fully saturated rings. The monoisotopic (exact) mass is 398 g/mol. The van der Waals surface area contributed by atoms with Gasteiger partial charge in [-0.2, -0.15) is 5.26 Å². The minimum Gasteiger partial charge on any atom is -0.491 e. The molecule has 1 atom stereocenters. The van der Waals surface area contributed by atoms with E-state index < -0.39 is 6.10 Å². The van der Waals surface area contributed by atoms with Crippen molar-refractivity contribution in [1.82, 2.24) is 14.8 Å². The van der Waals surface area contributed by atoms with E-state index in [0.29, 0.717) is 34.5 Å². The van der Waals surface area contributed by atoms with Gasteiger partial charge in [-0.3, -0.25) is 0 Å². The van der Waals surface area contributed by atoms with E-state index >= 15 is 0 Å². The molecule has 1 heterocycles. The summed E-state index contributed by atoms with van der Waals surface area (Å²) < 4.78 is 21.2. The summed E-state index contributed by atoms with van der Waals surface area (Å²) in [7, 11) is 1.76. The van der Waals surface area contributed by atoms with Gasteiger partial charge in [-0.05, 0) is 29.8 Å². The van der Waals surface area contributed by atoms with Gasteiger partial charge in [-0.15, -0.1) is 10.2 Å². The summed E-state index contributed by atoms with van der Waals surface area (Å²) in [5, 5.41) is 27.6. The van der Waals surface area contributed by atoms with Crippen LogP contribution in [0.15, 0.2) is 53.7 Å². The molecule has 3 rings (SSSR count). The topological polar surface area (TPSA) is 84.0 Å². The van der Waals surface area contributed by atoms with Crippen LogP contribution in [0.4, 0.5) is 4.39 Å². The number of nitrogens with zero attached hydrogens (tertiary/aromatic N) is 4. The van der Waals surface area contributed by atoms with Crippen molar-refractivity contribution in [3.8, 4) is 23.2 Å². The number of hydrogen-bond acceptors (Lipinski definition) is 6. The van der Waals surface area contributed by atoms with Crippen molar-refractivity contribution < 1.29 is 14.2 Å². The Morgan fingerprint density at radius 3 is 2.68 bits per heavy atom. The zero-order chi connectivity index (χ0) is 19.9. The molecule has 8 heteroatoms. The lowest BCUT2D eigenvalue weighted by Gasteiger charge is -2.12. The second kappa shape index (κ2) is 9.35. The van der Waals surface area contributed by atoms with Gasteiger partial charge in [-0.25, -0.2) is 4.39 Å². The average molecular weight is 398 g/mol. The minimum atomic E-state index is -0.711. The van der Waals surface area contributed by atoms with Crippen LogP contribution in [0.2, 0.25) is 0 Å². The molecule has 6 nitrogen and oxygen atoms in total. The predicted molar refractivity (Wildman–Crippen MR) is 104 cm³/mol. The highest BCUT2D eigenvalue weighted by atomic mass is 32.2. The first-order valence-corrected chi connectivity index (χ1v) is 9.61. The summed E-state index contributed by atoms with van der Waals surface area (Å²) in [6.07, 6.45) is -0.357. The SMILES string of the molecule is Cn1c(SC[C@@H](O)COc2ccc(CC#N)cc2)nnc1-c1ccccc1F. The molecule has 0 aliphatic rings. The van der Waals surface area contributed by atoms with Crippen LogP contribution in [0.5, 0.6) is 5.75 Å². The smallest absolute Gasteiger partial charge is 0.191 e. The third-order valence-corrected chi connectivity index (χ3v) is 5.17. The fourth-order valence-electron chi connectivity index (χ4n) is 2.52. The van der Waals surface area contributed by atoms with Gasteiger partial charge in [0.2, 0.25) is 0 Å². The van der Waals surface area contributed by atoms with Gasteiger partial charge in [0.05, 0.1) is 24.2 Å². The quantitative estimate of drug-likeness (QED) is 0.587. The van der Waals surface area contributed by atoms with Gasteiger partial charge in [0.25, 0.3) is 0 Å². The standard InChI is InChI=1S/C20H19FN4O2S/c1-25-19(17-4-2-3-5-18(17)21)23-24-20(25)28-13-15(26)12-27-16-8-6-14(7-9-16)10-11-22/h2-9,15,26H,10,12-13H2,1H3/t15-/m0/s1. The Balaban J connectivity index is 1.53. The molecule has 1 N–H and O–H groups in total. The highest BCUT2D eigenvalue weighted by Gasteiger charge is 2.16. The lowest BCUT2D eigenvalue weighted by molar-refractivity contribution is 0.126. The zero-order valence-electron chi connectivity index (χ0n) is 15.2. The van der Waals surface area contributed by atoms with Crippen LogP contribution in [0.1, 0.15) is 5.56 Å². The molecule has 1 aromatic heterocycles. The number of halogens is 1.